The third kappa shape index (κ3) is 2.88. The highest BCUT2D eigenvalue weighted by atomic mass is 35.5. The fourth-order valence-corrected chi connectivity index (χ4v) is 2.93. The van der Waals surface area contributed by atoms with E-state index in [1.807, 2.05) is 0 Å². The Hall–Kier alpha value is -2.37. The summed E-state index contributed by atoms with van der Waals surface area (Å²) in [5, 5.41) is 10.8. The molecular weight excluding hydrogens is 351 g/mol. The second-order valence-electron chi connectivity index (χ2n) is 5.35. The molecule has 0 spiro atoms. The Morgan fingerprint density at radius 1 is 1.17 bits per heavy atom. The quantitative estimate of drug-likeness (QED) is 0.678. The number of nitrogens with zero attached hydrogens (tertiary/aromatic N) is 1. The SMILES string of the molecule is CC(C(=O)O)c1c(C(=O)c2cc(Cl)ccn2)[nH]c2ccc(Cl)cc12. The number of ketones is 1. The van der Waals surface area contributed by atoms with Crippen LogP contribution >= 0.6 is 23.2 Å². The highest BCUT2D eigenvalue weighted by Crippen LogP contribution is 2.32. The molecule has 0 aliphatic rings. The van der Waals surface area contributed by atoms with Crippen LogP contribution in [0.25, 0.3) is 10.9 Å². The van der Waals surface area contributed by atoms with Gasteiger partial charge in [0.05, 0.1) is 11.6 Å². The van der Waals surface area contributed by atoms with E-state index in [0.29, 0.717) is 26.5 Å². The Kier molecular flexibility index (Phi) is 4.30. The third-order valence-corrected chi connectivity index (χ3v) is 4.26. The van der Waals surface area contributed by atoms with Crippen LogP contribution in [-0.2, 0) is 4.79 Å². The molecule has 24 heavy (non-hydrogen) atoms. The summed E-state index contributed by atoms with van der Waals surface area (Å²) in [6.45, 7) is 1.52. The maximum atomic E-state index is 12.8. The molecule has 1 atom stereocenters. The molecule has 0 radical (unpaired) electrons. The van der Waals surface area contributed by atoms with Gasteiger partial charge in [0.15, 0.2) is 0 Å². The van der Waals surface area contributed by atoms with Gasteiger partial charge in [-0.25, -0.2) is 0 Å². The number of pyridine rings is 1. The molecule has 2 heterocycles. The zero-order valence-corrected chi connectivity index (χ0v) is 14.0. The number of carboxylic acid groups (broad SMARTS) is 1. The molecule has 5 nitrogen and oxygen atoms in total. The molecule has 7 heteroatoms. The molecule has 0 aliphatic carbocycles. The molecule has 0 bridgehead atoms. The van der Waals surface area contributed by atoms with E-state index in [2.05, 4.69) is 9.97 Å². The van der Waals surface area contributed by atoms with E-state index in [0.717, 1.165) is 0 Å². The second kappa shape index (κ2) is 6.26. The summed E-state index contributed by atoms with van der Waals surface area (Å²) in [6, 6.07) is 8.02. The van der Waals surface area contributed by atoms with Crippen LogP contribution in [0.1, 0.15) is 34.6 Å². The average Bonchev–Trinajstić information content (AvgIpc) is 2.91. The monoisotopic (exact) mass is 362 g/mol. The van der Waals surface area contributed by atoms with Crippen molar-refractivity contribution in [2.24, 2.45) is 0 Å². The lowest BCUT2D eigenvalue weighted by Crippen LogP contribution is -2.13. The van der Waals surface area contributed by atoms with Crippen LogP contribution in [0.3, 0.4) is 0 Å². The molecular formula is C17H12Cl2N2O3. The number of aromatic amines is 1. The highest BCUT2D eigenvalue weighted by molar-refractivity contribution is 6.31. The van der Waals surface area contributed by atoms with Crippen molar-refractivity contribution in [2.75, 3.05) is 0 Å². The van der Waals surface area contributed by atoms with E-state index in [4.69, 9.17) is 23.2 Å². The van der Waals surface area contributed by atoms with Gasteiger partial charge in [0.1, 0.15) is 5.69 Å². The van der Waals surface area contributed by atoms with E-state index in [1.165, 1.54) is 19.2 Å². The number of rotatable bonds is 4. The van der Waals surface area contributed by atoms with Crippen LogP contribution in [0.15, 0.2) is 36.5 Å². The molecule has 122 valence electrons. The topological polar surface area (TPSA) is 83.0 Å². The predicted molar refractivity (Wildman–Crippen MR) is 92.0 cm³/mol. The normalized spacial score (nSPS) is 12.3. The smallest absolute Gasteiger partial charge is 0.310 e. The largest absolute Gasteiger partial charge is 0.481 e. The van der Waals surface area contributed by atoms with Gasteiger partial charge in [0, 0.05) is 32.7 Å². The number of hydrogen-bond acceptors (Lipinski definition) is 3. The molecule has 1 unspecified atom stereocenters. The molecule has 0 fully saturated rings. The average molecular weight is 363 g/mol. The summed E-state index contributed by atoms with van der Waals surface area (Å²) in [5.74, 6) is -2.35. The summed E-state index contributed by atoms with van der Waals surface area (Å²) < 4.78 is 0. The Morgan fingerprint density at radius 3 is 2.54 bits per heavy atom. The van der Waals surface area contributed by atoms with Crippen molar-refractivity contribution in [1.29, 1.82) is 0 Å². The molecule has 3 rings (SSSR count). The standard InChI is InChI=1S/C17H12Cl2N2O3/c1-8(17(23)24)14-11-6-9(18)2-3-12(11)21-15(14)16(22)13-7-10(19)4-5-20-13/h2-8,21H,1H3,(H,23,24). The van der Waals surface area contributed by atoms with E-state index in [9.17, 15) is 14.7 Å². The van der Waals surface area contributed by atoms with E-state index >= 15 is 0 Å². The third-order valence-electron chi connectivity index (χ3n) is 3.79. The Bertz CT molecular complexity index is 966. The lowest BCUT2D eigenvalue weighted by Gasteiger charge is -2.08. The first-order valence-corrected chi connectivity index (χ1v) is 7.84. The number of H-pyrrole nitrogens is 1. The van der Waals surface area contributed by atoms with Gasteiger partial charge in [0.2, 0.25) is 5.78 Å². The number of nitrogens with one attached hydrogen (secondary N) is 1. The summed E-state index contributed by atoms with van der Waals surface area (Å²) in [6.07, 6.45) is 1.43. The van der Waals surface area contributed by atoms with Crippen molar-refractivity contribution in [2.45, 2.75) is 12.8 Å². The summed E-state index contributed by atoms with van der Waals surface area (Å²) in [4.78, 5) is 31.3. The van der Waals surface area contributed by atoms with Crippen molar-refractivity contribution >= 4 is 45.9 Å². The van der Waals surface area contributed by atoms with Crippen LogP contribution in [-0.4, -0.2) is 26.8 Å². The Morgan fingerprint density at radius 2 is 1.88 bits per heavy atom. The minimum Gasteiger partial charge on any atom is -0.481 e. The van der Waals surface area contributed by atoms with Gasteiger partial charge in [-0.3, -0.25) is 14.6 Å². The predicted octanol–water partition coefficient (Wildman–Crippen LogP) is 4.29. The summed E-state index contributed by atoms with van der Waals surface area (Å²) in [5.41, 5.74) is 1.33. The van der Waals surface area contributed by atoms with Crippen LogP contribution < -0.4 is 0 Å². The summed E-state index contributed by atoms with van der Waals surface area (Å²) in [7, 11) is 0. The Labute approximate surface area is 147 Å². The molecule has 3 aromatic rings. The van der Waals surface area contributed by atoms with Gasteiger partial charge in [-0.15, -0.1) is 0 Å². The molecule has 1 aromatic carbocycles. The highest BCUT2D eigenvalue weighted by Gasteiger charge is 2.27. The van der Waals surface area contributed by atoms with Crippen LogP contribution in [0.4, 0.5) is 0 Å². The maximum Gasteiger partial charge on any atom is 0.310 e. The lowest BCUT2D eigenvalue weighted by molar-refractivity contribution is -0.138. The number of carbonyl (C=O) groups is 2. The first-order chi connectivity index (χ1) is 11.4. The zero-order chi connectivity index (χ0) is 17.4. The molecule has 2 aromatic heterocycles. The molecule has 2 N–H and O–H groups in total. The van der Waals surface area contributed by atoms with Gasteiger partial charge < -0.3 is 10.1 Å². The van der Waals surface area contributed by atoms with Gasteiger partial charge in [0.25, 0.3) is 0 Å². The second-order valence-corrected chi connectivity index (χ2v) is 6.22. The van der Waals surface area contributed by atoms with Crippen molar-refractivity contribution in [3.63, 3.8) is 0 Å². The zero-order valence-electron chi connectivity index (χ0n) is 12.5. The van der Waals surface area contributed by atoms with Gasteiger partial charge >= 0.3 is 5.97 Å². The first kappa shape index (κ1) is 16.5. The number of carboxylic acids is 1. The van der Waals surface area contributed by atoms with Crippen LogP contribution in [0.2, 0.25) is 10.0 Å². The number of halogens is 2. The molecule has 0 saturated heterocycles. The maximum absolute atomic E-state index is 12.8. The number of carbonyl (C=O) groups excluding carboxylic acids is 1. The number of aliphatic carboxylic acids is 1. The molecule has 0 aliphatic heterocycles. The summed E-state index contributed by atoms with van der Waals surface area (Å²) >= 11 is 11.9. The lowest BCUT2D eigenvalue weighted by atomic mass is 9.95. The van der Waals surface area contributed by atoms with E-state index in [-0.39, 0.29) is 11.4 Å². The minimum absolute atomic E-state index is 0.138. The number of hydrogen-bond donors (Lipinski definition) is 2. The van der Waals surface area contributed by atoms with Gasteiger partial charge in [-0.1, -0.05) is 23.2 Å². The molecule has 0 amide bonds. The van der Waals surface area contributed by atoms with Crippen molar-refractivity contribution in [3.05, 3.63) is 63.5 Å². The van der Waals surface area contributed by atoms with Gasteiger partial charge in [-0.05, 0) is 37.3 Å². The van der Waals surface area contributed by atoms with E-state index in [1.54, 1.807) is 24.3 Å². The van der Waals surface area contributed by atoms with Crippen LogP contribution in [0, 0.1) is 0 Å². The fraction of sp³-hybridized carbons (Fsp3) is 0.118. The van der Waals surface area contributed by atoms with Crippen molar-refractivity contribution in [3.8, 4) is 0 Å². The van der Waals surface area contributed by atoms with Crippen molar-refractivity contribution < 1.29 is 14.7 Å². The van der Waals surface area contributed by atoms with Crippen LogP contribution in [0.5, 0.6) is 0 Å². The number of fused-ring (bicyclic) bond motifs is 1. The first-order valence-electron chi connectivity index (χ1n) is 7.08. The number of benzene rings is 1. The van der Waals surface area contributed by atoms with E-state index < -0.39 is 17.7 Å². The number of aromatic nitrogens is 2. The molecule has 0 saturated carbocycles. The Balaban J connectivity index is 2.25. The fourth-order valence-electron chi connectivity index (χ4n) is 2.59. The van der Waals surface area contributed by atoms with Crippen molar-refractivity contribution in [1.82, 2.24) is 9.97 Å². The van der Waals surface area contributed by atoms with Gasteiger partial charge in [-0.2, -0.15) is 0 Å². The minimum atomic E-state index is -1.04.